The number of nitrogens with zero attached hydrogens (tertiary/aromatic N) is 1. The van der Waals surface area contributed by atoms with Gasteiger partial charge in [-0.25, -0.2) is 0 Å². The molecule has 116 valence electrons. The minimum Gasteiger partial charge on any atom is -0.492 e. The highest BCUT2D eigenvalue weighted by Gasteiger charge is 2.35. The first kappa shape index (κ1) is 15.7. The summed E-state index contributed by atoms with van der Waals surface area (Å²) in [5.41, 5.74) is 5.64. The van der Waals surface area contributed by atoms with Gasteiger partial charge < -0.3 is 25.8 Å². The van der Waals surface area contributed by atoms with Crippen LogP contribution in [0.3, 0.4) is 0 Å². The van der Waals surface area contributed by atoms with Gasteiger partial charge in [-0.1, -0.05) is 6.08 Å². The van der Waals surface area contributed by atoms with Crippen molar-refractivity contribution in [2.75, 3.05) is 37.4 Å². The van der Waals surface area contributed by atoms with Gasteiger partial charge in [-0.2, -0.15) is 0 Å². The maximum atomic E-state index is 12.1. The molecule has 2 heterocycles. The Morgan fingerprint density at radius 3 is 2.95 bits per heavy atom. The molecule has 0 aromatic carbocycles. The molecule has 21 heavy (non-hydrogen) atoms. The zero-order valence-electron chi connectivity index (χ0n) is 12.3. The molecule has 2 rings (SSSR count). The normalized spacial score (nSPS) is 21.4. The van der Waals surface area contributed by atoms with Crippen molar-refractivity contribution in [2.24, 2.45) is 0 Å². The third-order valence-corrected chi connectivity index (χ3v) is 4.68. The fourth-order valence-corrected chi connectivity index (χ4v) is 3.49. The molecule has 1 amide bonds. The molecule has 1 aromatic heterocycles. The minimum absolute atomic E-state index is 0.243. The molecule has 1 aliphatic rings. The number of rotatable bonds is 5. The molecule has 1 saturated heterocycles. The third-order valence-electron chi connectivity index (χ3n) is 3.44. The summed E-state index contributed by atoms with van der Waals surface area (Å²) in [5.74, 6) is 0.259. The van der Waals surface area contributed by atoms with Crippen LogP contribution in [0, 0.1) is 0 Å². The second kappa shape index (κ2) is 5.95. The molecule has 0 spiro atoms. The fourth-order valence-electron chi connectivity index (χ4n) is 2.35. The number of anilines is 2. The number of carbonyl (C=O) groups is 1. The highest BCUT2D eigenvalue weighted by Crippen LogP contribution is 2.46. The first-order valence-corrected chi connectivity index (χ1v) is 7.54. The number of carbonyl (C=O) groups excluding carboxylic acids is 1. The summed E-state index contributed by atoms with van der Waals surface area (Å²) in [6.07, 6.45) is 2.28. The van der Waals surface area contributed by atoms with Gasteiger partial charge in [-0.3, -0.25) is 4.79 Å². The third kappa shape index (κ3) is 3.14. The van der Waals surface area contributed by atoms with E-state index in [0.29, 0.717) is 42.4 Å². The lowest BCUT2D eigenvalue weighted by Gasteiger charge is -2.20. The van der Waals surface area contributed by atoms with Crippen LogP contribution in [0.4, 0.5) is 10.7 Å². The number of nitrogens with two attached hydrogens (primary N) is 1. The van der Waals surface area contributed by atoms with E-state index < -0.39 is 5.60 Å². The van der Waals surface area contributed by atoms with Crippen molar-refractivity contribution in [1.82, 2.24) is 5.32 Å². The maximum absolute atomic E-state index is 12.1. The number of β-amino-alcohol motifs (C(OH)–C–C–N with tert-alkyl or cyclic N) is 1. The monoisotopic (exact) mass is 311 g/mol. The molecule has 1 fully saturated rings. The van der Waals surface area contributed by atoms with Gasteiger partial charge in [-0.05, 0) is 13.3 Å². The van der Waals surface area contributed by atoms with Crippen molar-refractivity contribution in [1.29, 1.82) is 0 Å². The molecule has 1 unspecified atom stereocenters. The molecule has 0 radical (unpaired) electrons. The van der Waals surface area contributed by atoms with E-state index in [0.717, 1.165) is 5.00 Å². The van der Waals surface area contributed by atoms with Crippen LogP contribution >= 0.6 is 11.3 Å². The summed E-state index contributed by atoms with van der Waals surface area (Å²) < 4.78 is 5.35. The number of nitrogens with one attached hydrogen (secondary N) is 1. The summed E-state index contributed by atoms with van der Waals surface area (Å²) in [4.78, 5) is 14.5. The van der Waals surface area contributed by atoms with Crippen LogP contribution in [0.25, 0.3) is 0 Å². The average Bonchev–Trinajstić information content (AvgIpc) is 2.95. The van der Waals surface area contributed by atoms with Crippen molar-refractivity contribution in [3.63, 3.8) is 0 Å². The van der Waals surface area contributed by atoms with Crippen LogP contribution < -0.4 is 20.7 Å². The highest BCUT2D eigenvalue weighted by molar-refractivity contribution is 7.19. The zero-order chi connectivity index (χ0) is 15.6. The van der Waals surface area contributed by atoms with Gasteiger partial charge in [0.1, 0.15) is 15.6 Å². The zero-order valence-corrected chi connectivity index (χ0v) is 13.1. The number of thiophene rings is 1. The van der Waals surface area contributed by atoms with E-state index >= 15 is 0 Å². The number of hydrogen-bond donors (Lipinski definition) is 3. The summed E-state index contributed by atoms with van der Waals surface area (Å²) in [6.45, 7) is 6.95. The maximum Gasteiger partial charge on any atom is 0.263 e. The van der Waals surface area contributed by atoms with E-state index in [4.69, 9.17) is 10.5 Å². The van der Waals surface area contributed by atoms with Crippen LogP contribution in [-0.2, 0) is 0 Å². The van der Waals surface area contributed by atoms with Crippen molar-refractivity contribution >= 4 is 27.9 Å². The number of amides is 1. The number of aliphatic hydroxyl groups is 1. The van der Waals surface area contributed by atoms with Crippen LogP contribution in [0.2, 0.25) is 0 Å². The predicted molar refractivity (Wildman–Crippen MR) is 85.3 cm³/mol. The SMILES string of the molecule is C=CCNC(=O)c1sc(N2CCC(C)(O)C2)c(OC)c1N. The van der Waals surface area contributed by atoms with Crippen molar-refractivity contribution in [3.8, 4) is 5.75 Å². The summed E-state index contributed by atoms with van der Waals surface area (Å²) in [6, 6.07) is 0. The molecular formula is C14H21N3O3S. The largest absolute Gasteiger partial charge is 0.492 e. The molecule has 1 aromatic rings. The van der Waals surface area contributed by atoms with E-state index in [1.54, 1.807) is 13.0 Å². The summed E-state index contributed by atoms with van der Waals surface area (Å²) >= 11 is 1.29. The van der Waals surface area contributed by atoms with E-state index in [1.807, 2.05) is 4.90 Å². The van der Waals surface area contributed by atoms with Gasteiger partial charge >= 0.3 is 0 Å². The topological polar surface area (TPSA) is 87.8 Å². The van der Waals surface area contributed by atoms with Crippen molar-refractivity contribution in [2.45, 2.75) is 18.9 Å². The van der Waals surface area contributed by atoms with Crippen LogP contribution in [-0.4, -0.2) is 43.4 Å². The number of nitrogen functional groups attached to an aromatic ring is 1. The van der Waals surface area contributed by atoms with Gasteiger partial charge in [0.25, 0.3) is 5.91 Å². The average molecular weight is 311 g/mol. The van der Waals surface area contributed by atoms with Gasteiger partial charge in [0, 0.05) is 19.6 Å². The van der Waals surface area contributed by atoms with E-state index in [-0.39, 0.29) is 5.91 Å². The second-order valence-electron chi connectivity index (χ2n) is 5.35. The molecule has 0 bridgehead atoms. The smallest absolute Gasteiger partial charge is 0.263 e. The summed E-state index contributed by atoms with van der Waals surface area (Å²) in [5, 5.41) is 13.6. The van der Waals surface area contributed by atoms with Gasteiger partial charge in [-0.15, -0.1) is 17.9 Å². The van der Waals surface area contributed by atoms with Crippen LogP contribution in [0.5, 0.6) is 5.75 Å². The van der Waals surface area contributed by atoms with Gasteiger partial charge in [0.05, 0.1) is 12.7 Å². The fraction of sp³-hybridized carbons (Fsp3) is 0.500. The Bertz CT molecular complexity index is 554. The van der Waals surface area contributed by atoms with Crippen LogP contribution in [0.15, 0.2) is 12.7 Å². The Morgan fingerprint density at radius 1 is 1.71 bits per heavy atom. The Labute approximate surface area is 128 Å². The standard InChI is InChI=1S/C14H21N3O3S/c1-4-6-16-12(18)11-9(15)10(20-3)13(21-11)17-7-5-14(2,19)8-17/h4,19H,1,5-8,15H2,2-3H3,(H,16,18). The number of hydrogen-bond acceptors (Lipinski definition) is 6. The molecule has 7 heteroatoms. The first-order chi connectivity index (χ1) is 9.89. The van der Waals surface area contributed by atoms with Gasteiger partial charge in [0.15, 0.2) is 5.75 Å². The molecule has 6 nitrogen and oxygen atoms in total. The van der Waals surface area contributed by atoms with Crippen molar-refractivity contribution < 1.29 is 14.6 Å². The lowest BCUT2D eigenvalue weighted by Crippen LogP contribution is -2.29. The second-order valence-corrected chi connectivity index (χ2v) is 6.35. The quantitative estimate of drug-likeness (QED) is 0.712. The highest BCUT2D eigenvalue weighted by atomic mass is 32.1. The molecule has 4 N–H and O–H groups in total. The van der Waals surface area contributed by atoms with E-state index in [2.05, 4.69) is 11.9 Å². The lowest BCUT2D eigenvalue weighted by molar-refractivity contribution is 0.0839. The Hall–Kier alpha value is -1.73. The minimum atomic E-state index is -0.727. The molecular weight excluding hydrogens is 290 g/mol. The molecule has 0 saturated carbocycles. The summed E-state index contributed by atoms with van der Waals surface area (Å²) in [7, 11) is 1.53. The van der Waals surface area contributed by atoms with Crippen molar-refractivity contribution in [3.05, 3.63) is 17.5 Å². The van der Waals surface area contributed by atoms with Crippen LogP contribution in [0.1, 0.15) is 23.0 Å². The Kier molecular flexibility index (Phi) is 4.43. The first-order valence-electron chi connectivity index (χ1n) is 6.72. The van der Waals surface area contributed by atoms with Gasteiger partial charge in [0.2, 0.25) is 0 Å². The molecule has 1 atom stereocenters. The van der Waals surface area contributed by atoms with E-state index in [9.17, 15) is 9.90 Å². The Balaban J connectivity index is 2.30. The number of ether oxygens (including phenoxy) is 1. The molecule has 0 aliphatic carbocycles. The van der Waals surface area contributed by atoms with E-state index in [1.165, 1.54) is 18.4 Å². The Morgan fingerprint density at radius 2 is 2.43 bits per heavy atom. The lowest BCUT2D eigenvalue weighted by atomic mass is 10.1. The predicted octanol–water partition coefficient (Wildman–Crippen LogP) is 1.22. The number of methoxy groups -OCH3 is 1. The molecule has 1 aliphatic heterocycles.